The number of benzene rings is 2. The summed E-state index contributed by atoms with van der Waals surface area (Å²) in [7, 11) is 1.70. The molecule has 1 amide bonds. The molecule has 0 saturated carbocycles. The van der Waals surface area contributed by atoms with E-state index in [1.807, 2.05) is 0 Å². The van der Waals surface area contributed by atoms with Crippen LogP contribution in [0.3, 0.4) is 0 Å². The Hall–Kier alpha value is -4.55. The van der Waals surface area contributed by atoms with Crippen molar-refractivity contribution in [1.82, 2.24) is 29.2 Å². The normalized spacial score (nSPS) is 11.9. The van der Waals surface area contributed by atoms with E-state index in [0.29, 0.717) is 16.5 Å². The van der Waals surface area contributed by atoms with Gasteiger partial charge in [-0.1, -0.05) is 12.1 Å². The summed E-state index contributed by atoms with van der Waals surface area (Å²) in [6.45, 7) is -2.36. The van der Waals surface area contributed by atoms with Gasteiger partial charge in [-0.2, -0.15) is 18.3 Å². The van der Waals surface area contributed by atoms with Gasteiger partial charge in [0.2, 0.25) is 5.91 Å². The van der Waals surface area contributed by atoms with E-state index >= 15 is 8.78 Å². The second-order valence-electron chi connectivity index (χ2n) is 8.26. The summed E-state index contributed by atoms with van der Waals surface area (Å²) in [6, 6.07) is 7.98. The van der Waals surface area contributed by atoms with Crippen LogP contribution in [0.4, 0.5) is 22.0 Å². The van der Waals surface area contributed by atoms with Gasteiger partial charge >= 0.3 is 11.9 Å². The second-order valence-corrected chi connectivity index (χ2v) is 8.26. The molecule has 8 nitrogen and oxygen atoms in total. The summed E-state index contributed by atoms with van der Waals surface area (Å²) in [5.74, 6) is -3.22. The van der Waals surface area contributed by atoms with Crippen LogP contribution >= 0.6 is 0 Å². The lowest BCUT2D eigenvalue weighted by atomic mass is 10.0. The van der Waals surface area contributed by atoms with Crippen LogP contribution in [-0.2, 0) is 18.4 Å². The number of amides is 1. The van der Waals surface area contributed by atoms with Crippen molar-refractivity contribution in [2.24, 2.45) is 7.05 Å². The number of alkyl halides is 3. The Bertz CT molecular complexity index is 1710. The predicted molar refractivity (Wildman–Crippen MR) is 124 cm³/mol. The van der Waals surface area contributed by atoms with Gasteiger partial charge in [-0.05, 0) is 29.8 Å². The summed E-state index contributed by atoms with van der Waals surface area (Å²) in [4.78, 5) is 29.4. The molecule has 37 heavy (non-hydrogen) atoms. The fourth-order valence-electron chi connectivity index (χ4n) is 4.20. The maximum Gasteiger partial charge on any atom is 0.405 e. The van der Waals surface area contributed by atoms with Gasteiger partial charge in [0.05, 0.1) is 28.9 Å². The Morgan fingerprint density at radius 1 is 1.00 bits per heavy atom. The summed E-state index contributed by atoms with van der Waals surface area (Å²) in [5, 5.41) is 6.43. The Kier molecular flexibility index (Phi) is 5.77. The van der Waals surface area contributed by atoms with Crippen LogP contribution in [0.2, 0.25) is 0 Å². The van der Waals surface area contributed by atoms with Crippen molar-refractivity contribution in [2.75, 3.05) is 6.54 Å². The Labute approximate surface area is 204 Å². The molecule has 0 unspecified atom stereocenters. The van der Waals surface area contributed by atoms with Crippen LogP contribution in [0.15, 0.2) is 59.8 Å². The number of rotatable bonds is 5. The average molecular weight is 516 g/mol. The van der Waals surface area contributed by atoms with Gasteiger partial charge in [0.25, 0.3) is 0 Å². The third kappa shape index (κ3) is 4.32. The zero-order valence-corrected chi connectivity index (χ0v) is 19.1. The predicted octanol–water partition coefficient (Wildman–Crippen LogP) is 3.70. The fraction of sp³-hybridized carbons (Fsp3) is 0.167. The van der Waals surface area contributed by atoms with Crippen molar-refractivity contribution in [2.45, 2.75) is 12.7 Å². The van der Waals surface area contributed by atoms with Crippen LogP contribution in [0, 0.1) is 11.6 Å². The highest BCUT2D eigenvalue weighted by atomic mass is 19.4. The molecule has 190 valence electrons. The number of carbonyl (C=O) groups is 1. The molecule has 1 N–H and O–H groups in total. The van der Waals surface area contributed by atoms with Crippen molar-refractivity contribution in [3.05, 3.63) is 77.1 Å². The molecule has 2 aromatic carbocycles. The quantitative estimate of drug-likeness (QED) is 0.361. The van der Waals surface area contributed by atoms with E-state index in [1.165, 1.54) is 36.7 Å². The van der Waals surface area contributed by atoms with E-state index < -0.39 is 48.2 Å². The molecule has 0 aliphatic carbocycles. The molecular weight excluding hydrogens is 499 g/mol. The molecule has 5 aromatic rings. The number of hydrogen-bond acceptors (Lipinski definition) is 4. The lowest BCUT2D eigenvalue weighted by molar-refractivity contribution is -0.138. The molecule has 5 rings (SSSR count). The number of hydrogen-bond donors (Lipinski definition) is 1. The molecule has 0 aliphatic rings. The summed E-state index contributed by atoms with van der Waals surface area (Å²) >= 11 is 0. The number of pyridine rings is 1. The summed E-state index contributed by atoms with van der Waals surface area (Å²) < 4.78 is 71.5. The van der Waals surface area contributed by atoms with E-state index in [4.69, 9.17) is 0 Å². The third-order valence-electron chi connectivity index (χ3n) is 5.85. The van der Waals surface area contributed by atoms with Crippen molar-refractivity contribution in [3.63, 3.8) is 0 Å². The first-order valence-electron chi connectivity index (χ1n) is 10.8. The van der Waals surface area contributed by atoms with Crippen LogP contribution in [0.5, 0.6) is 0 Å². The lowest BCUT2D eigenvalue weighted by Gasteiger charge is -2.10. The fourth-order valence-corrected chi connectivity index (χ4v) is 4.20. The van der Waals surface area contributed by atoms with Gasteiger partial charge in [0.15, 0.2) is 11.6 Å². The molecule has 3 aromatic heterocycles. The summed E-state index contributed by atoms with van der Waals surface area (Å²) in [6.07, 6.45) is -0.0992. The number of halogens is 5. The summed E-state index contributed by atoms with van der Waals surface area (Å²) in [5.41, 5.74) is -0.278. The number of aryl methyl sites for hydroxylation is 1. The van der Waals surface area contributed by atoms with E-state index in [9.17, 15) is 22.8 Å². The van der Waals surface area contributed by atoms with Crippen molar-refractivity contribution >= 4 is 27.8 Å². The number of carbonyl (C=O) groups excluding carboxylic acids is 1. The molecule has 0 spiro atoms. The van der Waals surface area contributed by atoms with Crippen molar-refractivity contribution < 1.29 is 26.7 Å². The molecule has 0 fully saturated rings. The van der Waals surface area contributed by atoms with Crippen LogP contribution in [0.1, 0.15) is 0 Å². The minimum absolute atomic E-state index is 0.0673. The highest BCUT2D eigenvalue weighted by Gasteiger charge is 2.28. The van der Waals surface area contributed by atoms with Crippen LogP contribution in [-0.4, -0.2) is 42.5 Å². The Balaban J connectivity index is 1.61. The monoisotopic (exact) mass is 516 g/mol. The average Bonchev–Trinajstić information content (AvgIpc) is 3.35. The molecule has 0 bridgehead atoms. The van der Waals surface area contributed by atoms with E-state index in [0.717, 1.165) is 21.3 Å². The molecule has 0 atom stereocenters. The first-order chi connectivity index (χ1) is 17.5. The number of imidazole rings is 1. The van der Waals surface area contributed by atoms with Gasteiger partial charge in [-0.25, -0.2) is 13.6 Å². The van der Waals surface area contributed by atoms with E-state index in [-0.39, 0.29) is 16.6 Å². The van der Waals surface area contributed by atoms with Gasteiger partial charge < -0.3 is 5.32 Å². The van der Waals surface area contributed by atoms with Gasteiger partial charge in [0, 0.05) is 24.2 Å². The molecule has 0 radical (unpaired) electrons. The van der Waals surface area contributed by atoms with E-state index in [1.54, 1.807) is 23.2 Å². The van der Waals surface area contributed by atoms with Gasteiger partial charge in [-0.3, -0.25) is 23.6 Å². The van der Waals surface area contributed by atoms with E-state index in [2.05, 4.69) is 10.1 Å². The smallest absolute Gasteiger partial charge is 0.345 e. The minimum atomic E-state index is -4.64. The number of para-hydroxylation sites is 2. The SMILES string of the molecule is Cn1ncc2c(-c3cc(F)c(-n4c(=O)n(CC(=O)NCC(F)(F)F)c5ccccc54)c(F)c3)cncc21. The zero-order chi connectivity index (χ0) is 26.5. The number of fused-ring (bicyclic) bond motifs is 2. The number of nitrogens with zero attached hydrogens (tertiary/aromatic N) is 5. The van der Waals surface area contributed by atoms with Gasteiger partial charge in [-0.15, -0.1) is 0 Å². The number of nitrogens with one attached hydrogen (secondary N) is 1. The first kappa shape index (κ1) is 24.2. The lowest BCUT2D eigenvalue weighted by Crippen LogP contribution is -2.38. The van der Waals surface area contributed by atoms with Crippen LogP contribution < -0.4 is 11.0 Å². The zero-order valence-electron chi connectivity index (χ0n) is 19.1. The third-order valence-corrected chi connectivity index (χ3v) is 5.85. The van der Waals surface area contributed by atoms with Crippen molar-refractivity contribution in [3.8, 4) is 16.8 Å². The molecule has 13 heteroatoms. The Morgan fingerprint density at radius 2 is 1.68 bits per heavy atom. The second kappa shape index (κ2) is 8.84. The maximum absolute atomic E-state index is 15.5. The van der Waals surface area contributed by atoms with Crippen molar-refractivity contribution in [1.29, 1.82) is 0 Å². The minimum Gasteiger partial charge on any atom is -0.345 e. The molecular formula is C24H17F5N6O2. The maximum atomic E-state index is 15.5. The topological polar surface area (TPSA) is 86.7 Å². The first-order valence-corrected chi connectivity index (χ1v) is 10.8. The highest BCUT2D eigenvalue weighted by Crippen LogP contribution is 2.31. The Morgan fingerprint density at radius 3 is 2.35 bits per heavy atom. The largest absolute Gasteiger partial charge is 0.405 e. The van der Waals surface area contributed by atoms with Gasteiger partial charge in [0.1, 0.15) is 18.8 Å². The number of aromatic nitrogens is 5. The molecule has 0 saturated heterocycles. The molecule has 3 heterocycles. The molecule has 0 aliphatic heterocycles. The van der Waals surface area contributed by atoms with Crippen LogP contribution in [0.25, 0.3) is 38.8 Å². The standard InChI is InChI=1S/C24H17F5N6O2/c1-33-20-10-30-8-14(15(20)9-32-33)13-6-16(25)22(17(26)7-13)35-19-5-3-2-4-18(19)34(23(35)37)11-21(36)31-12-24(27,28)29/h2-10H,11-12H2,1H3,(H,31,36). The highest BCUT2D eigenvalue weighted by molar-refractivity contribution is 5.94.